The van der Waals surface area contributed by atoms with Gasteiger partial charge in [-0.15, -0.1) is 0 Å². The number of fused-ring (bicyclic) bond motifs is 1. The van der Waals surface area contributed by atoms with Crippen molar-refractivity contribution in [1.82, 2.24) is 24.1 Å². The molecule has 0 aromatic carbocycles. The zero-order chi connectivity index (χ0) is 22.5. The van der Waals surface area contributed by atoms with Gasteiger partial charge in [-0.25, -0.2) is 23.2 Å². The largest absolute Gasteiger partial charge is 0.377 e. The zero-order valence-electron chi connectivity index (χ0n) is 17.4. The van der Waals surface area contributed by atoms with Gasteiger partial charge in [0.05, 0.1) is 24.8 Å². The van der Waals surface area contributed by atoms with Gasteiger partial charge in [0, 0.05) is 57.1 Å². The lowest BCUT2D eigenvalue weighted by Gasteiger charge is -2.38. The zero-order valence-corrected chi connectivity index (χ0v) is 17.4. The number of amides is 1. The number of halogens is 2. The molecule has 0 radical (unpaired) electrons. The van der Waals surface area contributed by atoms with E-state index in [1.165, 1.54) is 20.2 Å². The molecule has 3 aromatic rings. The van der Waals surface area contributed by atoms with E-state index in [0.29, 0.717) is 30.2 Å². The third-order valence-electron chi connectivity index (χ3n) is 5.94. The quantitative estimate of drug-likeness (QED) is 0.611. The number of hydrogen-bond acceptors (Lipinski definition) is 6. The van der Waals surface area contributed by atoms with Crippen LogP contribution >= 0.6 is 0 Å². The highest BCUT2D eigenvalue weighted by atomic mass is 19.3. The fraction of sp³-hybridized carbons (Fsp3) is 0.429. The summed E-state index contributed by atoms with van der Waals surface area (Å²) in [5.74, 6) is -2.39. The summed E-state index contributed by atoms with van der Waals surface area (Å²) in [6.07, 6.45) is 2.49. The van der Waals surface area contributed by atoms with Crippen LogP contribution in [-0.4, -0.2) is 68.2 Å². The van der Waals surface area contributed by atoms with Gasteiger partial charge in [0.15, 0.2) is 5.65 Å². The Morgan fingerprint density at radius 1 is 1.22 bits per heavy atom. The number of alkyl halides is 2. The van der Waals surface area contributed by atoms with E-state index in [9.17, 15) is 18.4 Å². The minimum atomic E-state index is -2.70. The molecule has 32 heavy (non-hydrogen) atoms. The van der Waals surface area contributed by atoms with E-state index in [1.54, 1.807) is 31.4 Å². The molecular weight excluding hydrogens is 422 g/mol. The highest BCUT2D eigenvalue weighted by molar-refractivity contribution is 5.94. The second kappa shape index (κ2) is 7.66. The molecule has 1 amide bonds. The Bertz CT molecular complexity index is 1210. The van der Waals surface area contributed by atoms with Gasteiger partial charge < -0.3 is 14.5 Å². The minimum Gasteiger partial charge on any atom is -0.377 e. The molecule has 0 saturated carbocycles. The first-order valence-electron chi connectivity index (χ1n) is 10.4. The number of nitrogens with zero attached hydrogens (tertiary/aromatic N) is 6. The van der Waals surface area contributed by atoms with Crippen molar-refractivity contribution in [1.29, 1.82) is 0 Å². The second-order valence-corrected chi connectivity index (χ2v) is 8.13. The molecule has 168 valence electrons. The van der Waals surface area contributed by atoms with Crippen molar-refractivity contribution in [2.75, 3.05) is 31.2 Å². The third kappa shape index (κ3) is 3.62. The van der Waals surface area contributed by atoms with Crippen molar-refractivity contribution < 1.29 is 18.3 Å². The predicted molar refractivity (Wildman–Crippen MR) is 112 cm³/mol. The normalized spacial score (nSPS) is 18.5. The number of aromatic nitrogens is 4. The smallest absolute Gasteiger partial charge is 0.350 e. The number of likely N-dealkylation sites (tertiary alicyclic amines) is 1. The molecular formula is C21H22F2N6O3. The minimum absolute atomic E-state index is 0.0303. The average Bonchev–Trinajstić information content (AvgIpc) is 3.03. The molecule has 11 heteroatoms. The number of carbonyl (C=O) groups is 1. The van der Waals surface area contributed by atoms with Crippen molar-refractivity contribution in [3.05, 3.63) is 52.7 Å². The number of carbonyl (C=O) groups excluding carboxylic acids is 1. The monoisotopic (exact) mass is 444 g/mol. The molecule has 2 aliphatic heterocycles. The van der Waals surface area contributed by atoms with Gasteiger partial charge in [0.25, 0.3) is 11.8 Å². The second-order valence-electron chi connectivity index (χ2n) is 8.13. The maximum absolute atomic E-state index is 13.4. The molecule has 5 rings (SSSR count). The summed E-state index contributed by atoms with van der Waals surface area (Å²) in [6.45, 7) is 1.10. The first-order valence-corrected chi connectivity index (χ1v) is 10.4. The summed E-state index contributed by atoms with van der Waals surface area (Å²) in [5.41, 5.74) is 1.42. The Hall–Kier alpha value is -3.34. The highest BCUT2D eigenvalue weighted by Gasteiger charge is 2.36. The number of ether oxygens (including phenoxy) is 1. The fourth-order valence-corrected chi connectivity index (χ4v) is 4.00. The molecule has 0 aliphatic carbocycles. The van der Waals surface area contributed by atoms with Crippen LogP contribution in [0.3, 0.4) is 0 Å². The Labute approximate surface area is 181 Å². The van der Waals surface area contributed by atoms with Crippen LogP contribution in [0.2, 0.25) is 0 Å². The van der Waals surface area contributed by atoms with E-state index >= 15 is 0 Å². The Morgan fingerprint density at radius 2 is 1.97 bits per heavy atom. The summed E-state index contributed by atoms with van der Waals surface area (Å²) in [7, 11) is 1.59. The van der Waals surface area contributed by atoms with Crippen LogP contribution in [-0.2, 0) is 11.8 Å². The Morgan fingerprint density at radius 3 is 2.59 bits per heavy atom. The average molecular weight is 444 g/mol. The summed E-state index contributed by atoms with van der Waals surface area (Å²) >= 11 is 0. The van der Waals surface area contributed by atoms with Gasteiger partial charge in [-0.05, 0) is 18.2 Å². The highest BCUT2D eigenvalue weighted by Crippen LogP contribution is 2.31. The lowest BCUT2D eigenvalue weighted by Crippen LogP contribution is -2.47. The van der Waals surface area contributed by atoms with Crippen LogP contribution < -0.4 is 10.6 Å². The number of hydrogen-bond donors (Lipinski definition) is 0. The lowest BCUT2D eigenvalue weighted by molar-refractivity contribution is -0.0494. The molecule has 0 N–H and O–H groups in total. The SMILES string of the molecule is Cn1nc2cc(N(c3ccc(C(=O)N4CCC(F)(F)CC4)cn3)C3COC3)ccn2c1=O. The number of pyridine rings is 2. The third-order valence-corrected chi connectivity index (χ3v) is 5.94. The molecule has 2 saturated heterocycles. The van der Waals surface area contributed by atoms with E-state index in [2.05, 4.69) is 10.1 Å². The van der Waals surface area contributed by atoms with Crippen LogP contribution in [0.1, 0.15) is 23.2 Å². The molecule has 0 bridgehead atoms. The van der Waals surface area contributed by atoms with Gasteiger partial charge >= 0.3 is 5.69 Å². The molecule has 9 nitrogen and oxygen atoms in total. The van der Waals surface area contributed by atoms with E-state index in [4.69, 9.17) is 4.74 Å². The fourth-order valence-electron chi connectivity index (χ4n) is 4.00. The molecule has 3 aromatic heterocycles. The van der Waals surface area contributed by atoms with Gasteiger partial charge in [0.2, 0.25) is 0 Å². The number of anilines is 2. The topological polar surface area (TPSA) is 85.0 Å². The van der Waals surface area contributed by atoms with Crippen molar-refractivity contribution in [3.8, 4) is 0 Å². The van der Waals surface area contributed by atoms with Crippen molar-refractivity contribution >= 4 is 23.1 Å². The summed E-state index contributed by atoms with van der Waals surface area (Å²) in [4.78, 5) is 32.7. The van der Waals surface area contributed by atoms with Crippen LogP contribution in [0.25, 0.3) is 5.65 Å². The van der Waals surface area contributed by atoms with E-state index in [-0.39, 0.29) is 43.6 Å². The van der Waals surface area contributed by atoms with E-state index in [1.807, 2.05) is 11.0 Å². The standard InChI is InChI=1S/C21H22F2N6O3/c1-26-20(31)28-7-4-15(10-18(28)25-26)29(16-12-32-13-16)17-3-2-14(11-24-17)19(30)27-8-5-21(22,23)6-9-27/h2-4,7,10-11,16H,5-6,8-9,12-13H2,1H3. The Kier molecular flexibility index (Phi) is 4.92. The van der Waals surface area contributed by atoms with Gasteiger partial charge in [0.1, 0.15) is 5.82 Å². The van der Waals surface area contributed by atoms with Crippen molar-refractivity contribution in [2.24, 2.45) is 7.05 Å². The van der Waals surface area contributed by atoms with Crippen LogP contribution in [0.4, 0.5) is 20.3 Å². The van der Waals surface area contributed by atoms with E-state index in [0.717, 1.165) is 5.69 Å². The van der Waals surface area contributed by atoms with Crippen molar-refractivity contribution in [3.63, 3.8) is 0 Å². The lowest BCUT2D eigenvalue weighted by atomic mass is 10.1. The molecule has 0 atom stereocenters. The van der Waals surface area contributed by atoms with Gasteiger partial charge in [-0.1, -0.05) is 0 Å². The molecule has 2 aliphatic rings. The summed E-state index contributed by atoms with van der Waals surface area (Å²) in [6, 6.07) is 7.05. The van der Waals surface area contributed by atoms with Crippen LogP contribution in [0, 0.1) is 0 Å². The van der Waals surface area contributed by atoms with Crippen LogP contribution in [0.15, 0.2) is 41.5 Å². The van der Waals surface area contributed by atoms with E-state index < -0.39 is 5.92 Å². The summed E-state index contributed by atoms with van der Waals surface area (Å²) in [5, 5.41) is 4.24. The maximum atomic E-state index is 13.4. The van der Waals surface area contributed by atoms with Gasteiger partial charge in [-0.2, -0.15) is 5.10 Å². The molecule has 5 heterocycles. The number of piperidine rings is 1. The number of aryl methyl sites for hydroxylation is 1. The summed E-state index contributed by atoms with van der Waals surface area (Å²) < 4.78 is 34.9. The Balaban J connectivity index is 1.41. The molecule has 0 spiro atoms. The van der Waals surface area contributed by atoms with Gasteiger partial charge in [-0.3, -0.25) is 9.20 Å². The first-order chi connectivity index (χ1) is 15.3. The predicted octanol–water partition coefficient (Wildman–Crippen LogP) is 1.84. The molecule has 0 unspecified atom stereocenters. The van der Waals surface area contributed by atoms with Crippen molar-refractivity contribution in [2.45, 2.75) is 24.8 Å². The number of rotatable bonds is 4. The first kappa shape index (κ1) is 20.6. The molecule has 2 fully saturated rings. The van der Waals surface area contributed by atoms with Crippen LogP contribution in [0.5, 0.6) is 0 Å². The maximum Gasteiger partial charge on any atom is 0.350 e.